The zero-order chi connectivity index (χ0) is 14.9. The Morgan fingerprint density at radius 3 is 2.29 bits per heavy atom. The van der Waals surface area contributed by atoms with Crippen LogP contribution in [0.2, 0.25) is 0 Å². The number of nitrogens with one attached hydrogen (secondary N) is 1. The van der Waals surface area contributed by atoms with E-state index in [0.717, 1.165) is 0 Å². The highest BCUT2D eigenvalue weighted by atomic mass is 79.9. The number of phenolic OH excluding ortho intramolecular Hbond substituents is 1. The van der Waals surface area contributed by atoms with E-state index in [9.17, 15) is 18.3 Å². The standard InChI is InChI=1S/C12H13Br2F3N2O.ClH/c13-7-5-8(10(20)9(14)6-7)11(12(15,16)17)19-3-1-18-2-4-19;/h5-6,11,18,20H,1-4H2;1H/t11-;/m0./s1. The maximum absolute atomic E-state index is 13.4. The maximum Gasteiger partial charge on any atom is 0.408 e. The summed E-state index contributed by atoms with van der Waals surface area (Å²) in [5.41, 5.74) is -0.138. The highest BCUT2D eigenvalue weighted by molar-refractivity contribution is 9.11. The van der Waals surface area contributed by atoms with Crippen LogP contribution < -0.4 is 5.32 Å². The first-order valence-corrected chi connectivity index (χ1v) is 7.58. The van der Waals surface area contributed by atoms with Crippen molar-refractivity contribution in [1.82, 2.24) is 10.2 Å². The number of halogens is 6. The minimum Gasteiger partial charge on any atom is -0.506 e. The normalized spacial score (nSPS) is 18.1. The zero-order valence-electron chi connectivity index (χ0n) is 10.8. The average Bonchev–Trinajstić information content (AvgIpc) is 2.35. The van der Waals surface area contributed by atoms with Crippen LogP contribution in [0.15, 0.2) is 21.1 Å². The van der Waals surface area contributed by atoms with Gasteiger partial charge >= 0.3 is 6.18 Å². The van der Waals surface area contributed by atoms with Crippen molar-refractivity contribution < 1.29 is 18.3 Å². The van der Waals surface area contributed by atoms with E-state index in [-0.39, 0.29) is 41.3 Å². The summed E-state index contributed by atoms with van der Waals surface area (Å²) in [6.45, 7) is 1.58. The molecule has 0 spiro atoms. The molecule has 120 valence electrons. The van der Waals surface area contributed by atoms with Gasteiger partial charge in [0, 0.05) is 36.2 Å². The SMILES string of the molecule is Cl.Oc1c(Br)cc(Br)cc1[C@H](N1CCNCC1)C(F)(F)F. The lowest BCUT2D eigenvalue weighted by Gasteiger charge is -2.36. The van der Waals surface area contributed by atoms with Crippen LogP contribution in [0.3, 0.4) is 0 Å². The Labute approximate surface area is 143 Å². The van der Waals surface area contributed by atoms with Crippen molar-refractivity contribution in [3.8, 4) is 5.75 Å². The third-order valence-corrected chi connectivity index (χ3v) is 4.24. The Hall–Kier alpha value is -0.0200. The van der Waals surface area contributed by atoms with Crippen LogP contribution in [0.4, 0.5) is 13.2 Å². The quantitative estimate of drug-likeness (QED) is 0.713. The summed E-state index contributed by atoms with van der Waals surface area (Å²) < 4.78 is 41.0. The van der Waals surface area contributed by atoms with Crippen LogP contribution in [0.5, 0.6) is 5.75 Å². The van der Waals surface area contributed by atoms with E-state index >= 15 is 0 Å². The summed E-state index contributed by atoms with van der Waals surface area (Å²) in [5.74, 6) is -0.367. The predicted molar refractivity (Wildman–Crippen MR) is 84.0 cm³/mol. The number of aromatic hydroxyl groups is 1. The lowest BCUT2D eigenvalue weighted by atomic mass is 10.0. The molecule has 0 aliphatic carbocycles. The van der Waals surface area contributed by atoms with Crippen LogP contribution in [-0.4, -0.2) is 42.4 Å². The Morgan fingerprint density at radius 2 is 1.76 bits per heavy atom. The van der Waals surface area contributed by atoms with E-state index in [1.54, 1.807) is 0 Å². The Bertz CT molecular complexity index is 496. The van der Waals surface area contributed by atoms with Gasteiger partial charge in [0.15, 0.2) is 0 Å². The van der Waals surface area contributed by atoms with Gasteiger partial charge in [-0.3, -0.25) is 4.90 Å². The molecule has 3 nitrogen and oxygen atoms in total. The van der Waals surface area contributed by atoms with Crippen molar-refractivity contribution in [3.63, 3.8) is 0 Å². The Balaban J connectivity index is 0.00000220. The van der Waals surface area contributed by atoms with Gasteiger partial charge in [-0.2, -0.15) is 13.2 Å². The van der Waals surface area contributed by atoms with E-state index < -0.39 is 12.2 Å². The van der Waals surface area contributed by atoms with Crippen molar-refractivity contribution in [3.05, 3.63) is 26.6 Å². The lowest BCUT2D eigenvalue weighted by molar-refractivity contribution is -0.188. The molecule has 1 aromatic rings. The van der Waals surface area contributed by atoms with E-state index in [0.29, 0.717) is 17.6 Å². The minimum absolute atomic E-state index is 0. The second-order valence-electron chi connectivity index (χ2n) is 4.56. The molecule has 0 bridgehead atoms. The molecule has 9 heteroatoms. The van der Waals surface area contributed by atoms with Gasteiger partial charge in [-0.25, -0.2) is 0 Å². The summed E-state index contributed by atoms with van der Waals surface area (Å²) in [7, 11) is 0. The fourth-order valence-electron chi connectivity index (χ4n) is 2.31. The van der Waals surface area contributed by atoms with Gasteiger partial charge in [-0.15, -0.1) is 12.4 Å². The topological polar surface area (TPSA) is 35.5 Å². The molecular formula is C12H14Br2ClF3N2O. The van der Waals surface area contributed by atoms with Crippen LogP contribution in [0, 0.1) is 0 Å². The molecule has 0 aromatic heterocycles. The third kappa shape index (κ3) is 4.48. The Kier molecular flexibility index (Phi) is 6.80. The van der Waals surface area contributed by atoms with Crippen LogP contribution in [0.25, 0.3) is 0 Å². The fourth-order valence-corrected chi connectivity index (χ4v) is 3.57. The van der Waals surface area contributed by atoms with Crippen molar-refractivity contribution in [1.29, 1.82) is 0 Å². The number of alkyl halides is 3. The van der Waals surface area contributed by atoms with Gasteiger partial charge in [-0.1, -0.05) is 15.9 Å². The molecule has 1 aliphatic heterocycles. The summed E-state index contributed by atoms with van der Waals surface area (Å²) in [6.07, 6.45) is -4.45. The molecule has 0 saturated carbocycles. The minimum atomic E-state index is -4.45. The highest BCUT2D eigenvalue weighted by Gasteiger charge is 2.46. The monoisotopic (exact) mass is 452 g/mol. The van der Waals surface area contributed by atoms with Gasteiger partial charge in [0.05, 0.1) is 4.47 Å². The largest absolute Gasteiger partial charge is 0.506 e. The smallest absolute Gasteiger partial charge is 0.408 e. The second-order valence-corrected chi connectivity index (χ2v) is 6.33. The molecule has 2 N–H and O–H groups in total. The first-order chi connectivity index (χ1) is 9.30. The number of hydrogen-bond donors (Lipinski definition) is 2. The van der Waals surface area contributed by atoms with Crippen LogP contribution in [-0.2, 0) is 0 Å². The van der Waals surface area contributed by atoms with Gasteiger partial charge in [0.25, 0.3) is 0 Å². The molecule has 1 fully saturated rings. The van der Waals surface area contributed by atoms with E-state index in [1.807, 2.05) is 0 Å². The predicted octanol–water partition coefficient (Wildman–Crippen LogP) is 3.85. The molecular weight excluding hydrogens is 440 g/mol. The molecule has 1 heterocycles. The number of phenols is 1. The maximum atomic E-state index is 13.4. The number of hydrogen-bond acceptors (Lipinski definition) is 3. The third-order valence-electron chi connectivity index (χ3n) is 3.18. The van der Waals surface area contributed by atoms with Crippen molar-refractivity contribution >= 4 is 44.3 Å². The van der Waals surface area contributed by atoms with Crippen LogP contribution >= 0.6 is 44.3 Å². The Morgan fingerprint density at radius 1 is 1.19 bits per heavy atom. The first-order valence-electron chi connectivity index (χ1n) is 6.00. The second kappa shape index (κ2) is 7.50. The lowest BCUT2D eigenvalue weighted by Crippen LogP contribution is -2.49. The molecule has 1 aliphatic rings. The molecule has 0 amide bonds. The average molecular weight is 455 g/mol. The summed E-state index contributed by atoms with van der Waals surface area (Å²) in [4.78, 5) is 1.34. The number of rotatable bonds is 2. The molecule has 1 atom stereocenters. The van der Waals surface area contributed by atoms with E-state index in [2.05, 4.69) is 37.2 Å². The fraction of sp³-hybridized carbons (Fsp3) is 0.500. The highest BCUT2D eigenvalue weighted by Crippen LogP contribution is 2.44. The van der Waals surface area contributed by atoms with Crippen molar-refractivity contribution in [2.45, 2.75) is 12.2 Å². The number of benzene rings is 1. The number of piperazine rings is 1. The molecule has 1 aromatic carbocycles. The van der Waals surface area contributed by atoms with Gasteiger partial charge in [-0.05, 0) is 28.1 Å². The van der Waals surface area contributed by atoms with Gasteiger partial charge < -0.3 is 10.4 Å². The van der Waals surface area contributed by atoms with E-state index in [1.165, 1.54) is 17.0 Å². The van der Waals surface area contributed by atoms with Gasteiger partial charge in [0.1, 0.15) is 11.8 Å². The summed E-state index contributed by atoms with van der Waals surface area (Å²) >= 11 is 6.24. The summed E-state index contributed by atoms with van der Waals surface area (Å²) in [6, 6.07) is 1.03. The van der Waals surface area contributed by atoms with Crippen molar-refractivity contribution in [2.75, 3.05) is 26.2 Å². The number of nitrogens with zero attached hydrogens (tertiary/aromatic N) is 1. The van der Waals surface area contributed by atoms with E-state index in [4.69, 9.17) is 0 Å². The van der Waals surface area contributed by atoms with Gasteiger partial charge in [0.2, 0.25) is 0 Å². The zero-order valence-corrected chi connectivity index (χ0v) is 14.7. The van der Waals surface area contributed by atoms with Crippen molar-refractivity contribution in [2.24, 2.45) is 0 Å². The molecule has 0 radical (unpaired) electrons. The summed E-state index contributed by atoms with van der Waals surface area (Å²) in [5, 5.41) is 13.0. The molecule has 21 heavy (non-hydrogen) atoms. The first kappa shape index (κ1) is 19.0. The van der Waals surface area contributed by atoms with Crippen LogP contribution in [0.1, 0.15) is 11.6 Å². The molecule has 0 unspecified atom stereocenters. The molecule has 1 saturated heterocycles. The molecule has 2 rings (SSSR count).